The van der Waals surface area contributed by atoms with Gasteiger partial charge in [-0.05, 0) is 56.2 Å². The Kier molecular flexibility index (Phi) is 6.72. The second kappa shape index (κ2) is 8.99. The van der Waals surface area contributed by atoms with Crippen LogP contribution in [0.2, 0.25) is 0 Å². The van der Waals surface area contributed by atoms with Gasteiger partial charge in [0.2, 0.25) is 0 Å². The molecule has 0 aliphatic rings. The molecule has 0 radical (unpaired) electrons. The van der Waals surface area contributed by atoms with Crippen molar-refractivity contribution in [3.05, 3.63) is 47.5 Å². The Morgan fingerprint density at radius 1 is 1.08 bits per heavy atom. The van der Waals surface area contributed by atoms with Crippen molar-refractivity contribution < 1.29 is 19.0 Å². The summed E-state index contributed by atoms with van der Waals surface area (Å²) < 4.78 is 15.7. The maximum Gasteiger partial charge on any atom is 0.338 e. The van der Waals surface area contributed by atoms with Crippen LogP contribution in [0.4, 0.5) is 11.4 Å². The molecule has 140 valence electrons. The number of methoxy groups -OCH3 is 2. The highest BCUT2D eigenvalue weighted by Gasteiger charge is 2.11. The number of nitrogen functional groups attached to an aromatic ring is 1. The zero-order valence-corrected chi connectivity index (χ0v) is 15.7. The predicted molar refractivity (Wildman–Crippen MR) is 103 cm³/mol. The van der Waals surface area contributed by atoms with Crippen molar-refractivity contribution in [1.82, 2.24) is 0 Å². The number of nitrogens with one attached hydrogen (secondary N) is 1. The number of carbonyl (C=O) groups is 1. The molecule has 3 N–H and O–H groups in total. The van der Waals surface area contributed by atoms with Crippen molar-refractivity contribution >= 4 is 17.3 Å². The van der Waals surface area contributed by atoms with E-state index in [1.807, 2.05) is 32.0 Å². The fourth-order valence-electron chi connectivity index (χ4n) is 2.51. The number of nitrogens with two attached hydrogens (primary N) is 1. The maximum absolute atomic E-state index is 11.9. The average molecular weight is 358 g/mol. The molecule has 2 aromatic rings. The molecule has 0 spiro atoms. The molecule has 0 atom stereocenters. The largest absolute Gasteiger partial charge is 0.493 e. The second-order valence-electron chi connectivity index (χ2n) is 6.12. The van der Waals surface area contributed by atoms with Crippen LogP contribution >= 0.6 is 0 Å². The molecule has 0 aliphatic carbocycles. The number of anilines is 2. The summed E-state index contributed by atoms with van der Waals surface area (Å²) in [6, 6.07) is 11.0. The molecule has 0 saturated carbocycles. The third kappa shape index (κ3) is 5.05. The van der Waals surface area contributed by atoms with Gasteiger partial charge in [-0.3, -0.25) is 0 Å². The molecular weight excluding hydrogens is 332 g/mol. The smallest absolute Gasteiger partial charge is 0.338 e. The lowest BCUT2D eigenvalue weighted by atomic mass is 10.1. The number of carbonyl (C=O) groups excluding carboxylic acids is 1. The van der Waals surface area contributed by atoms with Gasteiger partial charge in [-0.2, -0.15) is 0 Å². The highest BCUT2D eigenvalue weighted by atomic mass is 16.5. The quantitative estimate of drug-likeness (QED) is 0.555. The number of rotatable bonds is 8. The van der Waals surface area contributed by atoms with E-state index < -0.39 is 0 Å². The molecule has 0 heterocycles. The first kappa shape index (κ1) is 19.4. The fourth-order valence-corrected chi connectivity index (χ4v) is 2.51. The van der Waals surface area contributed by atoms with E-state index in [9.17, 15) is 4.79 Å². The number of hydrogen-bond acceptors (Lipinski definition) is 6. The topological polar surface area (TPSA) is 82.8 Å². The lowest BCUT2D eigenvalue weighted by molar-refractivity contribution is 0.0378. The SMILES string of the molecule is COc1ccc(CCNc2ccc(C(=O)OC(C)C)cc2N)cc1OC. The lowest BCUT2D eigenvalue weighted by Crippen LogP contribution is -2.13. The second-order valence-corrected chi connectivity index (χ2v) is 6.12. The summed E-state index contributed by atoms with van der Waals surface area (Å²) in [5.41, 5.74) is 8.90. The Balaban J connectivity index is 1.96. The Morgan fingerprint density at radius 2 is 1.81 bits per heavy atom. The molecule has 6 nitrogen and oxygen atoms in total. The van der Waals surface area contributed by atoms with Crippen LogP contribution in [-0.2, 0) is 11.2 Å². The van der Waals surface area contributed by atoms with Gasteiger partial charge in [-0.25, -0.2) is 4.79 Å². The molecule has 2 aromatic carbocycles. The van der Waals surface area contributed by atoms with Gasteiger partial charge in [-0.15, -0.1) is 0 Å². The molecule has 0 aliphatic heterocycles. The minimum atomic E-state index is -0.372. The van der Waals surface area contributed by atoms with Crippen LogP contribution in [0.3, 0.4) is 0 Å². The molecule has 0 saturated heterocycles. The van der Waals surface area contributed by atoms with Crippen molar-refractivity contribution in [2.45, 2.75) is 26.4 Å². The third-order valence-corrected chi connectivity index (χ3v) is 3.81. The van der Waals surface area contributed by atoms with Crippen LogP contribution in [0.25, 0.3) is 0 Å². The standard InChI is InChI=1S/C20H26N2O4/c1-13(2)26-20(23)15-6-7-17(16(21)12-15)22-10-9-14-5-8-18(24-3)19(11-14)25-4/h5-8,11-13,22H,9-10,21H2,1-4H3. The van der Waals surface area contributed by atoms with Gasteiger partial charge in [0, 0.05) is 6.54 Å². The van der Waals surface area contributed by atoms with Crippen molar-refractivity contribution in [2.24, 2.45) is 0 Å². The molecule has 0 bridgehead atoms. The van der Waals surface area contributed by atoms with Gasteiger partial charge in [0.05, 0.1) is 37.3 Å². The fraction of sp³-hybridized carbons (Fsp3) is 0.350. The van der Waals surface area contributed by atoms with E-state index in [4.69, 9.17) is 19.9 Å². The summed E-state index contributed by atoms with van der Waals surface area (Å²) in [5, 5.41) is 3.29. The molecular formula is C20H26N2O4. The monoisotopic (exact) mass is 358 g/mol. The molecule has 2 rings (SSSR count). The Morgan fingerprint density at radius 3 is 2.42 bits per heavy atom. The van der Waals surface area contributed by atoms with Gasteiger partial charge in [-0.1, -0.05) is 6.07 Å². The lowest BCUT2D eigenvalue weighted by Gasteiger charge is -2.13. The van der Waals surface area contributed by atoms with E-state index in [1.165, 1.54) is 0 Å². The average Bonchev–Trinajstić information content (AvgIpc) is 2.62. The van der Waals surface area contributed by atoms with Crippen LogP contribution in [-0.4, -0.2) is 32.8 Å². The predicted octanol–water partition coefficient (Wildman–Crippen LogP) is 3.51. The van der Waals surface area contributed by atoms with Gasteiger partial charge in [0.1, 0.15) is 0 Å². The summed E-state index contributed by atoms with van der Waals surface area (Å²) in [6.45, 7) is 4.31. The summed E-state index contributed by atoms with van der Waals surface area (Å²) in [7, 11) is 3.23. The molecule has 0 aromatic heterocycles. The van der Waals surface area contributed by atoms with E-state index in [1.54, 1.807) is 32.4 Å². The van der Waals surface area contributed by atoms with Gasteiger partial charge in [0.25, 0.3) is 0 Å². The highest BCUT2D eigenvalue weighted by Crippen LogP contribution is 2.28. The van der Waals surface area contributed by atoms with Crippen molar-refractivity contribution in [2.75, 3.05) is 31.8 Å². The number of ether oxygens (including phenoxy) is 3. The summed E-state index contributed by atoms with van der Waals surface area (Å²) in [4.78, 5) is 11.9. The number of esters is 1. The van der Waals surface area contributed by atoms with Crippen molar-refractivity contribution in [1.29, 1.82) is 0 Å². The third-order valence-electron chi connectivity index (χ3n) is 3.81. The molecule has 0 fully saturated rings. The summed E-state index contributed by atoms with van der Waals surface area (Å²) in [6.07, 6.45) is 0.625. The Hall–Kier alpha value is -2.89. The van der Waals surface area contributed by atoms with Crippen LogP contribution in [0.1, 0.15) is 29.8 Å². The highest BCUT2D eigenvalue weighted by molar-refractivity contribution is 5.92. The van der Waals surface area contributed by atoms with Crippen LogP contribution in [0.15, 0.2) is 36.4 Å². The first-order chi connectivity index (χ1) is 12.4. The summed E-state index contributed by atoms with van der Waals surface area (Å²) in [5.74, 6) is 1.04. The van der Waals surface area contributed by atoms with E-state index in [-0.39, 0.29) is 12.1 Å². The van der Waals surface area contributed by atoms with E-state index >= 15 is 0 Å². The molecule has 6 heteroatoms. The van der Waals surface area contributed by atoms with Gasteiger partial charge in [0.15, 0.2) is 11.5 Å². The molecule has 0 amide bonds. The Bertz CT molecular complexity index is 759. The van der Waals surface area contributed by atoms with Crippen LogP contribution in [0.5, 0.6) is 11.5 Å². The first-order valence-electron chi connectivity index (χ1n) is 8.50. The molecule has 26 heavy (non-hydrogen) atoms. The van der Waals surface area contributed by atoms with E-state index in [2.05, 4.69) is 5.32 Å². The van der Waals surface area contributed by atoms with Crippen molar-refractivity contribution in [3.8, 4) is 11.5 Å². The van der Waals surface area contributed by atoms with Gasteiger partial charge < -0.3 is 25.3 Å². The zero-order valence-electron chi connectivity index (χ0n) is 15.7. The maximum atomic E-state index is 11.9. The van der Waals surface area contributed by atoms with E-state index in [0.717, 1.165) is 17.7 Å². The Labute approximate surface area is 154 Å². The zero-order chi connectivity index (χ0) is 19.1. The van der Waals surface area contributed by atoms with Crippen molar-refractivity contribution in [3.63, 3.8) is 0 Å². The molecule has 0 unspecified atom stereocenters. The van der Waals surface area contributed by atoms with E-state index in [0.29, 0.717) is 29.3 Å². The first-order valence-corrected chi connectivity index (χ1v) is 8.50. The normalized spacial score (nSPS) is 10.5. The summed E-state index contributed by atoms with van der Waals surface area (Å²) >= 11 is 0. The number of hydrogen-bond donors (Lipinski definition) is 2. The minimum Gasteiger partial charge on any atom is -0.493 e. The van der Waals surface area contributed by atoms with Crippen LogP contribution in [0, 0.1) is 0 Å². The van der Waals surface area contributed by atoms with Gasteiger partial charge >= 0.3 is 5.97 Å². The minimum absolute atomic E-state index is 0.164. The van der Waals surface area contributed by atoms with Crippen LogP contribution < -0.4 is 20.5 Å². The number of benzene rings is 2.